The summed E-state index contributed by atoms with van der Waals surface area (Å²) in [7, 11) is 0. The number of ether oxygens (including phenoxy) is 1. The fraction of sp³-hybridized carbons (Fsp3) is 0.333. The van der Waals surface area contributed by atoms with Gasteiger partial charge >= 0.3 is 0 Å². The second-order valence-electron chi connectivity index (χ2n) is 4.54. The lowest BCUT2D eigenvalue weighted by Gasteiger charge is -2.06. The predicted octanol–water partition coefficient (Wildman–Crippen LogP) is 3.22. The smallest absolute Gasteiger partial charge is 0.237 e. The minimum absolute atomic E-state index is 0.296. The van der Waals surface area contributed by atoms with Gasteiger partial charge in [-0.25, -0.2) is 9.37 Å². The van der Waals surface area contributed by atoms with Crippen molar-refractivity contribution in [2.45, 2.75) is 26.8 Å². The van der Waals surface area contributed by atoms with E-state index in [1.165, 1.54) is 6.07 Å². The monoisotopic (exact) mass is 275 g/mol. The fourth-order valence-corrected chi connectivity index (χ4v) is 1.64. The molecule has 0 amide bonds. The van der Waals surface area contributed by atoms with Gasteiger partial charge in [-0.1, -0.05) is 13.0 Å². The third-order valence-corrected chi connectivity index (χ3v) is 2.78. The number of aromatic nitrogens is 2. The van der Waals surface area contributed by atoms with Crippen molar-refractivity contribution in [3.8, 4) is 11.6 Å². The minimum Gasteiger partial charge on any atom is -0.437 e. The van der Waals surface area contributed by atoms with Gasteiger partial charge in [-0.3, -0.25) is 4.98 Å². The molecule has 0 bridgehead atoms. The van der Waals surface area contributed by atoms with Gasteiger partial charge in [0.05, 0.1) is 18.1 Å². The highest BCUT2D eigenvalue weighted by molar-refractivity contribution is 5.30. The number of aryl methyl sites for hydroxylation is 1. The van der Waals surface area contributed by atoms with Crippen LogP contribution in [-0.4, -0.2) is 16.5 Å². The Hall–Kier alpha value is -2.01. The number of rotatable bonds is 6. The van der Waals surface area contributed by atoms with Crippen molar-refractivity contribution in [1.29, 1.82) is 0 Å². The van der Waals surface area contributed by atoms with Gasteiger partial charge in [0, 0.05) is 12.6 Å². The molecule has 20 heavy (non-hydrogen) atoms. The Morgan fingerprint density at radius 1 is 1.25 bits per heavy atom. The van der Waals surface area contributed by atoms with Crippen molar-refractivity contribution in [3.05, 3.63) is 47.7 Å². The molecule has 106 valence electrons. The zero-order valence-electron chi connectivity index (χ0n) is 11.7. The fourth-order valence-electron chi connectivity index (χ4n) is 1.64. The van der Waals surface area contributed by atoms with Crippen molar-refractivity contribution in [2.75, 3.05) is 6.54 Å². The minimum atomic E-state index is -0.296. The number of halogens is 1. The quantitative estimate of drug-likeness (QED) is 0.822. The molecule has 2 rings (SSSR count). The summed E-state index contributed by atoms with van der Waals surface area (Å²) in [6, 6.07) is 4.71. The van der Waals surface area contributed by atoms with Crippen LogP contribution in [0.25, 0.3) is 0 Å². The molecule has 0 radical (unpaired) electrons. The van der Waals surface area contributed by atoms with E-state index in [1.54, 1.807) is 31.5 Å². The van der Waals surface area contributed by atoms with Gasteiger partial charge in [0.15, 0.2) is 0 Å². The van der Waals surface area contributed by atoms with Crippen molar-refractivity contribution >= 4 is 0 Å². The molecule has 1 heterocycles. The number of nitrogens with zero attached hydrogens (tertiary/aromatic N) is 2. The van der Waals surface area contributed by atoms with E-state index in [-0.39, 0.29) is 5.82 Å². The molecule has 4 nitrogen and oxygen atoms in total. The largest absolute Gasteiger partial charge is 0.437 e. The second-order valence-corrected chi connectivity index (χ2v) is 4.54. The molecule has 0 spiro atoms. The van der Waals surface area contributed by atoms with Gasteiger partial charge in [0.25, 0.3) is 0 Å². The second kappa shape index (κ2) is 6.96. The first-order valence-corrected chi connectivity index (χ1v) is 6.64. The maximum atomic E-state index is 13.4. The third-order valence-electron chi connectivity index (χ3n) is 2.78. The number of nitrogens with one attached hydrogen (secondary N) is 1. The van der Waals surface area contributed by atoms with E-state index in [9.17, 15) is 4.39 Å². The predicted molar refractivity (Wildman–Crippen MR) is 75.2 cm³/mol. The average Bonchev–Trinajstić information content (AvgIpc) is 2.45. The summed E-state index contributed by atoms with van der Waals surface area (Å²) < 4.78 is 18.9. The van der Waals surface area contributed by atoms with Crippen molar-refractivity contribution in [2.24, 2.45) is 0 Å². The summed E-state index contributed by atoms with van der Waals surface area (Å²) in [6.07, 6.45) is 4.27. The van der Waals surface area contributed by atoms with E-state index >= 15 is 0 Å². The average molecular weight is 275 g/mol. The number of hydrogen-bond acceptors (Lipinski definition) is 4. The molecule has 2 aromatic rings. The normalized spacial score (nSPS) is 10.6. The van der Waals surface area contributed by atoms with E-state index in [4.69, 9.17) is 4.74 Å². The molecule has 0 atom stereocenters. The summed E-state index contributed by atoms with van der Waals surface area (Å²) in [4.78, 5) is 8.40. The molecule has 5 heteroatoms. The maximum absolute atomic E-state index is 13.4. The van der Waals surface area contributed by atoms with Gasteiger partial charge < -0.3 is 10.1 Å². The Morgan fingerprint density at radius 2 is 2.10 bits per heavy atom. The Labute approximate surface area is 118 Å². The highest BCUT2D eigenvalue weighted by Gasteiger charge is 2.03. The highest BCUT2D eigenvalue weighted by atomic mass is 19.1. The van der Waals surface area contributed by atoms with Crippen LogP contribution < -0.4 is 10.1 Å². The van der Waals surface area contributed by atoms with Crippen LogP contribution in [0.5, 0.6) is 11.6 Å². The summed E-state index contributed by atoms with van der Waals surface area (Å²) in [5.41, 5.74) is 1.43. The molecule has 0 aliphatic rings. The molecule has 0 unspecified atom stereocenters. The summed E-state index contributed by atoms with van der Waals surface area (Å²) in [5.74, 6) is 0.475. The van der Waals surface area contributed by atoms with E-state index in [0.29, 0.717) is 23.7 Å². The van der Waals surface area contributed by atoms with Crippen molar-refractivity contribution in [1.82, 2.24) is 15.3 Å². The van der Waals surface area contributed by atoms with Crippen LogP contribution in [0.1, 0.15) is 24.6 Å². The van der Waals surface area contributed by atoms with E-state index in [1.807, 2.05) is 0 Å². The summed E-state index contributed by atoms with van der Waals surface area (Å²) in [6.45, 7) is 5.44. The Kier molecular flexibility index (Phi) is 5.01. The van der Waals surface area contributed by atoms with Crippen LogP contribution >= 0.6 is 0 Å². The molecule has 0 fully saturated rings. The first-order chi connectivity index (χ1) is 9.69. The molecule has 0 saturated heterocycles. The lowest BCUT2D eigenvalue weighted by molar-refractivity contribution is 0.453. The SMILES string of the molecule is CCCNCc1cnc(Oc2ccc(C)c(F)c2)cn1. The van der Waals surface area contributed by atoms with E-state index in [0.717, 1.165) is 18.7 Å². The van der Waals surface area contributed by atoms with Crippen LogP contribution in [-0.2, 0) is 6.54 Å². The van der Waals surface area contributed by atoms with Crippen LogP contribution in [0, 0.1) is 12.7 Å². The number of hydrogen-bond donors (Lipinski definition) is 1. The van der Waals surface area contributed by atoms with Crippen molar-refractivity contribution in [3.63, 3.8) is 0 Å². The maximum Gasteiger partial charge on any atom is 0.237 e. The topological polar surface area (TPSA) is 47.0 Å². The summed E-state index contributed by atoms with van der Waals surface area (Å²) in [5, 5.41) is 3.24. The van der Waals surface area contributed by atoms with Crippen LogP contribution in [0.3, 0.4) is 0 Å². The number of benzene rings is 1. The van der Waals surface area contributed by atoms with Gasteiger partial charge in [0.2, 0.25) is 5.88 Å². The molecule has 0 saturated carbocycles. The Morgan fingerprint density at radius 3 is 2.75 bits per heavy atom. The molecular weight excluding hydrogens is 257 g/mol. The first kappa shape index (κ1) is 14.4. The zero-order valence-corrected chi connectivity index (χ0v) is 11.7. The molecule has 1 N–H and O–H groups in total. The van der Waals surface area contributed by atoms with E-state index < -0.39 is 0 Å². The standard InChI is InChI=1S/C15H18FN3O/c1-3-6-17-8-12-9-19-15(10-18-12)20-13-5-4-11(2)14(16)7-13/h4-5,7,9-10,17H,3,6,8H2,1-2H3. The van der Waals surface area contributed by atoms with Gasteiger partial charge in [0.1, 0.15) is 11.6 Å². The Balaban J connectivity index is 1.97. The van der Waals surface area contributed by atoms with Crippen LogP contribution in [0.4, 0.5) is 4.39 Å². The molecular formula is C15H18FN3O. The van der Waals surface area contributed by atoms with Crippen molar-refractivity contribution < 1.29 is 9.13 Å². The lowest BCUT2D eigenvalue weighted by atomic mass is 10.2. The molecule has 0 aliphatic carbocycles. The van der Waals surface area contributed by atoms with Gasteiger partial charge in [-0.15, -0.1) is 0 Å². The summed E-state index contributed by atoms with van der Waals surface area (Å²) >= 11 is 0. The van der Waals surface area contributed by atoms with E-state index in [2.05, 4.69) is 22.2 Å². The molecule has 0 aliphatic heterocycles. The third kappa shape index (κ3) is 3.99. The highest BCUT2D eigenvalue weighted by Crippen LogP contribution is 2.21. The first-order valence-electron chi connectivity index (χ1n) is 6.64. The van der Waals surface area contributed by atoms with Crippen LogP contribution in [0.15, 0.2) is 30.6 Å². The Bertz CT molecular complexity index is 558. The lowest BCUT2D eigenvalue weighted by Crippen LogP contribution is -2.14. The zero-order chi connectivity index (χ0) is 14.4. The van der Waals surface area contributed by atoms with Gasteiger partial charge in [-0.05, 0) is 31.5 Å². The molecule has 1 aromatic carbocycles. The van der Waals surface area contributed by atoms with Gasteiger partial charge in [-0.2, -0.15) is 0 Å². The molecule has 1 aromatic heterocycles. The van der Waals surface area contributed by atoms with Crippen LogP contribution in [0.2, 0.25) is 0 Å².